The Hall–Kier alpha value is -1.56. The minimum absolute atomic E-state index is 0.510. The first-order valence-corrected chi connectivity index (χ1v) is 6.14. The summed E-state index contributed by atoms with van der Waals surface area (Å²) in [5.74, 6) is 1.66. The third-order valence-electron chi connectivity index (χ3n) is 3.08. The van der Waals surface area contributed by atoms with Gasteiger partial charge in [-0.3, -0.25) is 0 Å². The first-order valence-electron chi connectivity index (χ1n) is 6.14. The molecule has 1 aliphatic heterocycles. The molecular weight excluding hydrogens is 232 g/mol. The number of hydrogen-bond donors (Lipinski definition) is 1. The number of aromatic nitrogens is 2. The second-order valence-corrected chi connectivity index (χ2v) is 4.43. The zero-order valence-corrected chi connectivity index (χ0v) is 11.1. The Morgan fingerprint density at radius 3 is 2.50 bits per heavy atom. The summed E-state index contributed by atoms with van der Waals surface area (Å²) in [6.07, 6.45) is 2.44. The van der Waals surface area contributed by atoms with Crippen molar-refractivity contribution in [3.05, 3.63) is 6.07 Å². The van der Waals surface area contributed by atoms with Crippen molar-refractivity contribution in [2.75, 3.05) is 39.3 Å². The van der Waals surface area contributed by atoms with Gasteiger partial charge in [0.1, 0.15) is 0 Å². The fraction of sp³-hybridized carbons (Fsp3) is 0.667. The molecule has 0 amide bonds. The number of anilines is 1. The first-order chi connectivity index (χ1) is 8.72. The van der Waals surface area contributed by atoms with Crippen molar-refractivity contribution in [3.63, 3.8) is 0 Å². The van der Waals surface area contributed by atoms with E-state index >= 15 is 0 Å². The summed E-state index contributed by atoms with van der Waals surface area (Å²) >= 11 is 0. The molecule has 0 aromatic carbocycles. The lowest BCUT2D eigenvalue weighted by atomic mass is 10.2. The fourth-order valence-corrected chi connectivity index (χ4v) is 2.10. The van der Waals surface area contributed by atoms with Crippen LogP contribution in [0.4, 0.5) is 5.95 Å². The molecule has 18 heavy (non-hydrogen) atoms. The van der Waals surface area contributed by atoms with Crippen molar-refractivity contribution >= 4 is 5.95 Å². The highest BCUT2D eigenvalue weighted by atomic mass is 16.5. The summed E-state index contributed by atoms with van der Waals surface area (Å²) in [5, 5.41) is 3.45. The van der Waals surface area contributed by atoms with Crippen LogP contribution in [-0.2, 0) is 0 Å². The Balaban J connectivity index is 2.09. The van der Waals surface area contributed by atoms with E-state index in [1.165, 1.54) is 12.8 Å². The van der Waals surface area contributed by atoms with E-state index in [0.717, 1.165) is 13.1 Å². The quantitative estimate of drug-likeness (QED) is 0.831. The van der Waals surface area contributed by atoms with Crippen molar-refractivity contribution in [1.29, 1.82) is 0 Å². The molecule has 1 N–H and O–H groups in total. The molecule has 0 aliphatic carbocycles. The number of nitrogens with one attached hydrogen (secondary N) is 1. The SMILES string of the molecule is COc1cc(OC)nc(N(C)CC2CCCN2)n1. The van der Waals surface area contributed by atoms with Crippen LogP contribution in [0.25, 0.3) is 0 Å². The van der Waals surface area contributed by atoms with Gasteiger partial charge in [0.15, 0.2) is 0 Å². The summed E-state index contributed by atoms with van der Waals surface area (Å²) in [5.41, 5.74) is 0. The lowest BCUT2D eigenvalue weighted by Crippen LogP contribution is -2.36. The second-order valence-electron chi connectivity index (χ2n) is 4.43. The molecule has 1 unspecified atom stereocenters. The molecule has 2 heterocycles. The van der Waals surface area contributed by atoms with Crippen LogP contribution in [0.15, 0.2) is 6.07 Å². The van der Waals surface area contributed by atoms with Crippen LogP contribution >= 0.6 is 0 Å². The lowest BCUT2D eigenvalue weighted by Gasteiger charge is -2.21. The fourth-order valence-electron chi connectivity index (χ4n) is 2.10. The van der Waals surface area contributed by atoms with Gasteiger partial charge in [-0.15, -0.1) is 0 Å². The largest absolute Gasteiger partial charge is 0.481 e. The van der Waals surface area contributed by atoms with Crippen molar-refractivity contribution in [2.45, 2.75) is 18.9 Å². The van der Waals surface area contributed by atoms with Gasteiger partial charge < -0.3 is 19.7 Å². The Labute approximate surface area is 107 Å². The molecule has 0 spiro atoms. The molecule has 0 radical (unpaired) electrons. The third-order valence-corrected chi connectivity index (χ3v) is 3.08. The number of hydrogen-bond acceptors (Lipinski definition) is 6. The summed E-state index contributed by atoms with van der Waals surface area (Å²) in [6.45, 7) is 1.98. The molecule has 1 aliphatic rings. The highest BCUT2D eigenvalue weighted by Gasteiger charge is 2.18. The summed E-state index contributed by atoms with van der Waals surface area (Å²) in [6, 6.07) is 2.18. The minimum atomic E-state index is 0.510. The predicted octanol–water partition coefficient (Wildman–Crippen LogP) is 0.682. The van der Waals surface area contributed by atoms with E-state index in [0.29, 0.717) is 23.8 Å². The van der Waals surface area contributed by atoms with E-state index in [9.17, 15) is 0 Å². The van der Waals surface area contributed by atoms with Crippen LogP contribution in [0.5, 0.6) is 11.8 Å². The lowest BCUT2D eigenvalue weighted by molar-refractivity contribution is 0.371. The Kier molecular flexibility index (Phi) is 4.19. The molecule has 6 nitrogen and oxygen atoms in total. The van der Waals surface area contributed by atoms with Crippen LogP contribution in [0.2, 0.25) is 0 Å². The number of methoxy groups -OCH3 is 2. The van der Waals surface area contributed by atoms with Gasteiger partial charge in [-0.1, -0.05) is 0 Å². The average Bonchev–Trinajstić information content (AvgIpc) is 2.90. The Morgan fingerprint density at radius 1 is 1.33 bits per heavy atom. The van der Waals surface area contributed by atoms with Crippen LogP contribution < -0.4 is 19.7 Å². The van der Waals surface area contributed by atoms with Gasteiger partial charge in [0, 0.05) is 19.6 Å². The molecule has 1 saturated heterocycles. The van der Waals surface area contributed by atoms with Gasteiger partial charge in [0.25, 0.3) is 0 Å². The smallest absolute Gasteiger partial charge is 0.231 e. The first kappa shape index (κ1) is 12.9. The molecule has 1 aromatic rings. The zero-order chi connectivity index (χ0) is 13.0. The maximum absolute atomic E-state index is 5.14. The maximum atomic E-state index is 5.14. The molecule has 100 valence electrons. The summed E-state index contributed by atoms with van der Waals surface area (Å²) in [4.78, 5) is 10.7. The van der Waals surface area contributed by atoms with Crippen molar-refractivity contribution in [1.82, 2.24) is 15.3 Å². The highest BCUT2D eigenvalue weighted by Crippen LogP contribution is 2.20. The minimum Gasteiger partial charge on any atom is -0.481 e. The molecule has 1 fully saturated rings. The zero-order valence-electron chi connectivity index (χ0n) is 11.1. The topological polar surface area (TPSA) is 59.5 Å². The van der Waals surface area contributed by atoms with Gasteiger partial charge in [0.05, 0.1) is 20.3 Å². The normalized spacial score (nSPS) is 18.7. The van der Waals surface area contributed by atoms with Crippen LogP contribution in [-0.4, -0.2) is 50.4 Å². The van der Waals surface area contributed by atoms with E-state index in [4.69, 9.17) is 9.47 Å². The van der Waals surface area contributed by atoms with E-state index < -0.39 is 0 Å². The molecule has 0 saturated carbocycles. The predicted molar refractivity (Wildman–Crippen MR) is 69.4 cm³/mol. The Bertz CT molecular complexity index is 371. The maximum Gasteiger partial charge on any atom is 0.231 e. The van der Waals surface area contributed by atoms with Gasteiger partial charge in [-0.05, 0) is 19.4 Å². The van der Waals surface area contributed by atoms with Crippen LogP contribution in [0.1, 0.15) is 12.8 Å². The van der Waals surface area contributed by atoms with Gasteiger partial charge in [0.2, 0.25) is 17.7 Å². The van der Waals surface area contributed by atoms with E-state index in [2.05, 4.69) is 15.3 Å². The van der Waals surface area contributed by atoms with Gasteiger partial charge in [-0.2, -0.15) is 9.97 Å². The number of nitrogens with zero attached hydrogens (tertiary/aromatic N) is 3. The average molecular weight is 252 g/mol. The van der Waals surface area contributed by atoms with Crippen molar-refractivity contribution < 1.29 is 9.47 Å². The second kappa shape index (κ2) is 5.86. The third kappa shape index (κ3) is 3.01. The molecule has 2 rings (SSSR count). The summed E-state index contributed by atoms with van der Waals surface area (Å²) < 4.78 is 10.3. The monoisotopic (exact) mass is 252 g/mol. The number of likely N-dealkylation sites (N-methyl/N-ethyl adjacent to an activating group) is 1. The summed E-state index contributed by atoms with van der Waals surface area (Å²) in [7, 11) is 5.16. The van der Waals surface area contributed by atoms with Crippen LogP contribution in [0, 0.1) is 0 Å². The van der Waals surface area contributed by atoms with Gasteiger partial charge >= 0.3 is 0 Å². The van der Waals surface area contributed by atoms with Crippen molar-refractivity contribution in [2.24, 2.45) is 0 Å². The molecular formula is C12H20N4O2. The van der Waals surface area contributed by atoms with Gasteiger partial charge in [-0.25, -0.2) is 0 Å². The van der Waals surface area contributed by atoms with E-state index in [1.807, 2.05) is 11.9 Å². The molecule has 6 heteroatoms. The van der Waals surface area contributed by atoms with E-state index in [-0.39, 0.29) is 0 Å². The molecule has 1 aromatic heterocycles. The molecule has 0 bridgehead atoms. The molecule has 1 atom stereocenters. The standard InChI is InChI=1S/C12H20N4O2/c1-16(8-9-5-4-6-13-9)12-14-10(17-2)7-11(15-12)18-3/h7,9,13H,4-6,8H2,1-3H3. The van der Waals surface area contributed by atoms with E-state index in [1.54, 1.807) is 20.3 Å². The Morgan fingerprint density at radius 2 is 2.00 bits per heavy atom. The van der Waals surface area contributed by atoms with Crippen molar-refractivity contribution in [3.8, 4) is 11.8 Å². The highest BCUT2D eigenvalue weighted by molar-refractivity contribution is 5.36. The number of ether oxygens (including phenoxy) is 2. The van der Waals surface area contributed by atoms with Crippen LogP contribution in [0.3, 0.4) is 0 Å². The number of rotatable bonds is 5.